The molecule has 0 spiro atoms. The van der Waals surface area contributed by atoms with E-state index in [1.54, 1.807) is 4.52 Å². The van der Waals surface area contributed by atoms with Crippen LogP contribution in [0.3, 0.4) is 0 Å². The summed E-state index contributed by atoms with van der Waals surface area (Å²) < 4.78 is 7.53. The van der Waals surface area contributed by atoms with Crippen molar-refractivity contribution in [1.82, 2.24) is 19.5 Å². The van der Waals surface area contributed by atoms with Gasteiger partial charge in [0.1, 0.15) is 0 Å². The Morgan fingerprint density at radius 1 is 1.14 bits per heavy atom. The summed E-state index contributed by atoms with van der Waals surface area (Å²) in [5.41, 5.74) is 2.49. The summed E-state index contributed by atoms with van der Waals surface area (Å²) in [6.07, 6.45) is 2.07. The number of morpholine rings is 1. The fraction of sp³-hybridized carbons (Fsp3) is 0.524. The van der Waals surface area contributed by atoms with Crippen LogP contribution in [0, 0.1) is 0 Å². The van der Waals surface area contributed by atoms with Crippen LogP contribution in [0.25, 0.3) is 4.96 Å². The third-order valence-corrected chi connectivity index (χ3v) is 6.40. The van der Waals surface area contributed by atoms with Gasteiger partial charge in [-0.1, -0.05) is 49.4 Å². The van der Waals surface area contributed by atoms with Crippen molar-refractivity contribution in [2.45, 2.75) is 58.8 Å². The maximum Gasteiger partial charge on any atom is 0.230 e. The van der Waals surface area contributed by atoms with Gasteiger partial charge in [0.15, 0.2) is 5.82 Å². The van der Waals surface area contributed by atoms with Crippen molar-refractivity contribution < 1.29 is 9.84 Å². The van der Waals surface area contributed by atoms with Crippen LogP contribution in [0.5, 0.6) is 5.88 Å². The first-order chi connectivity index (χ1) is 13.5. The van der Waals surface area contributed by atoms with Gasteiger partial charge in [-0.2, -0.15) is 4.52 Å². The lowest BCUT2D eigenvalue weighted by molar-refractivity contribution is -0.0764. The lowest BCUT2D eigenvalue weighted by Crippen LogP contribution is -2.47. The third kappa shape index (κ3) is 3.54. The zero-order chi connectivity index (χ0) is 19.8. The summed E-state index contributed by atoms with van der Waals surface area (Å²) in [6, 6.07) is 8.68. The average Bonchev–Trinajstić information content (AvgIpc) is 3.21. The molecule has 150 valence electrons. The van der Waals surface area contributed by atoms with Gasteiger partial charge in [0.2, 0.25) is 10.8 Å². The molecule has 0 aliphatic carbocycles. The van der Waals surface area contributed by atoms with E-state index in [9.17, 15) is 5.11 Å². The van der Waals surface area contributed by atoms with E-state index >= 15 is 0 Å². The minimum Gasteiger partial charge on any atom is -0.492 e. The van der Waals surface area contributed by atoms with Crippen LogP contribution >= 0.6 is 11.3 Å². The highest BCUT2D eigenvalue weighted by Crippen LogP contribution is 2.41. The molecule has 4 rings (SSSR count). The van der Waals surface area contributed by atoms with Crippen LogP contribution < -0.4 is 0 Å². The van der Waals surface area contributed by atoms with Crippen LogP contribution in [-0.2, 0) is 17.6 Å². The molecule has 0 radical (unpaired) electrons. The van der Waals surface area contributed by atoms with Gasteiger partial charge in [-0.15, -0.1) is 5.10 Å². The summed E-state index contributed by atoms with van der Waals surface area (Å²) in [5.74, 6) is 0.953. The molecule has 7 heteroatoms. The number of aromatic hydroxyl groups is 1. The topological polar surface area (TPSA) is 62.9 Å². The van der Waals surface area contributed by atoms with Crippen LogP contribution in [0.1, 0.15) is 55.6 Å². The van der Waals surface area contributed by atoms with Gasteiger partial charge in [-0.3, -0.25) is 4.90 Å². The first-order valence-electron chi connectivity index (χ1n) is 10.1. The number of nitrogens with zero attached hydrogens (tertiary/aromatic N) is 4. The van der Waals surface area contributed by atoms with Gasteiger partial charge in [-0.05, 0) is 31.4 Å². The number of aryl methyl sites for hydroxylation is 2. The highest BCUT2D eigenvalue weighted by Gasteiger charge is 2.34. The van der Waals surface area contributed by atoms with Crippen LogP contribution in [-0.4, -0.2) is 49.9 Å². The molecule has 6 nitrogen and oxygen atoms in total. The molecule has 3 heterocycles. The second kappa shape index (κ2) is 7.81. The maximum absolute atomic E-state index is 11.0. The molecule has 0 unspecified atom stereocenters. The highest BCUT2D eigenvalue weighted by molar-refractivity contribution is 7.17. The Morgan fingerprint density at radius 2 is 1.82 bits per heavy atom. The smallest absolute Gasteiger partial charge is 0.230 e. The number of thiazole rings is 1. The Morgan fingerprint density at radius 3 is 2.39 bits per heavy atom. The molecule has 1 N–H and O–H groups in total. The first kappa shape index (κ1) is 19.4. The number of hydrogen-bond donors (Lipinski definition) is 1. The predicted molar refractivity (Wildman–Crippen MR) is 111 cm³/mol. The molecule has 28 heavy (non-hydrogen) atoms. The number of aromatic nitrogens is 3. The molecule has 3 aromatic rings. The van der Waals surface area contributed by atoms with Crippen molar-refractivity contribution in [2.75, 3.05) is 13.1 Å². The Bertz CT molecular complexity index is 939. The molecule has 1 fully saturated rings. The first-order valence-corrected chi connectivity index (χ1v) is 10.9. The Hall–Kier alpha value is -1.96. The summed E-state index contributed by atoms with van der Waals surface area (Å²) in [5, 5.41) is 15.5. The molecular weight excluding hydrogens is 372 g/mol. The summed E-state index contributed by atoms with van der Waals surface area (Å²) >= 11 is 1.53. The van der Waals surface area contributed by atoms with Gasteiger partial charge in [0.25, 0.3) is 0 Å². The molecule has 2 aromatic heterocycles. The SMILES string of the molecule is CCc1ccc([C@@H](c2sc3nc(CC)nn3c2O)N2C[C@@H](C)O[C@H](C)C2)cc1. The van der Waals surface area contributed by atoms with Gasteiger partial charge >= 0.3 is 0 Å². The molecule has 1 aromatic carbocycles. The fourth-order valence-electron chi connectivity index (χ4n) is 4.01. The number of rotatable bonds is 5. The van der Waals surface area contributed by atoms with Gasteiger partial charge in [0, 0.05) is 19.5 Å². The van der Waals surface area contributed by atoms with E-state index in [2.05, 4.69) is 60.0 Å². The molecule has 1 saturated heterocycles. The number of ether oxygens (including phenoxy) is 1. The van der Waals surface area contributed by atoms with Crippen molar-refractivity contribution in [1.29, 1.82) is 0 Å². The van der Waals surface area contributed by atoms with E-state index in [-0.39, 0.29) is 24.1 Å². The molecule has 1 aliphatic rings. The average molecular weight is 401 g/mol. The predicted octanol–water partition coefficient (Wildman–Crippen LogP) is 3.82. The van der Waals surface area contributed by atoms with Crippen molar-refractivity contribution in [3.63, 3.8) is 0 Å². The minimum atomic E-state index is -0.0433. The Balaban J connectivity index is 1.80. The van der Waals surface area contributed by atoms with Crippen molar-refractivity contribution in [3.05, 3.63) is 46.1 Å². The van der Waals surface area contributed by atoms with Crippen molar-refractivity contribution in [2.24, 2.45) is 0 Å². The lowest BCUT2D eigenvalue weighted by Gasteiger charge is -2.40. The largest absolute Gasteiger partial charge is 0.492 e. The highest BCUT2D eigenvalue weighted by atomic mass is 32.1. The van der Waals surface area contributed by atoms with E-state index in [0.717, 1.165) is 41.6 Å². The molecule has 3 atom stereocenters. The van der Waals surface area contributed by atoms with Gasteiger partial charge < -0.3 is 9.84 Å². The van der Waals surface area contributed by atoms with Gasteiger partial charge in [-0.25, -0.2) is 4.98 Å². The van der Waals surface area contributed by atoms with Crippen LogP contribution in [0.15, 0.2) is 24.3 Å². The van der Waals surface area contributed by atoms with Crippen LogP contribution in [0.2, 0.25) is 0 Å². The normalized spacial score (nSPS) is 22.0. The summed E-state index contributed by atoms with van der Waals surface area (Å²) in [6.45, 7) is 10.0. The summed E-state index contributed by atoms with van der Waals surface area (Å²) in [7, 11) is 0. The quantitative estimate of drug-likeness (QED) is 0.705. The molecular formula is C21H28N4O2S. The molecule has 1 aliphatic heterocycles. The monoisotopic (exact) mass is 400 g/mol. The van der Waals surface area contributed by atoms with E-state index in [4.69, 9.17) is 4.74 Å². The zero-order valence-corrected chi connectivity index (χ0v) is 17.7. The summed E-state index contributed by atoms with van der Waals surface area (Å²) in [4.78, 5) is 8.60. The Labute approximate surface area is 169 Å². The second-order valence-electron chi connectivity index (χ2n) is 7.57. The maximum atomic E-state index is 11.0. The van der Waals surface area contributed by atoms with Crippen LogP contribution in [0.4, 0.5) is 0 Å². The molecule has 0 bridgehead atoms. The second-order valence-corrected chi connectivity index (χ2v) is 8.58. The Kier molecular flexibility index (Phi) is 5.40. The van der Waals surface area contributed by atoms with E-state index in [1.807, 2.05) is 6.92 Å². The van der Waals surface area contributed by atoms with E-state index in [1.165, 1.54) is 22.5 Å². The van der Waals surface area contributed by atoms with E-state index in [0.29, 0.717) is 0 Å². The zero-order valence-electron chi connectivity index (χ0n) is 16.9. The molecule has 0 saturated carbocycles. The number of hydrogen-bond acceptors (Lipinski definition) is 6. The third-order valence-electron chi connectivity index (χ3n) is 5.32. The van der Waals surface area contributed by atoms with Crippen molar-refractivity contribution >= 4 is 16.3 Å². The van der Waals surface area contributed by atoms with Crippen molar-refractivity contribution in [3.8, 4) is 5.88 Å². The fourth-order valence-corrected chi connectivity index (χ4v) is 5.15. The van der Waals surface area contributed by atoms with E-state index < -0.39 is 0 Å². The standard InChI is InChI=1S/C21H28N4O2S/c1-5-15-7-9-16(10-8-15)18(24-11-13(3)27-14(4)12-24)19-20(26)25-21(28-19)22-17(6-2)23-25/h7-10,13-14,18,26H,5-6,11-12H2,1-4H3/t13-,14-,18+/m1/s1. The van der Waals surface area contributed by atoms with Gasteiger partial charge in [0.05, 0.1) is 23.1 Å². The minimum absolute atomic E-state index is 0.0433. The number of fused-ring (bicyclic) bond motifs is 1. The molecule has 0 amide bonds. The number of benzene rings is 1. The lowest BCUT2D eigenvalue weighted by atomic mass is 10.00.